The Morgan fingerprint density at radius 2 is 2.04 bits per heavy atom. The zero-order valence-corrected chi connectivity index (χ0v) is 13.6. The Morgan fingerprint density at radius 1 is 1.39 bits per heavy atom. The lowest BCUT2D eigenvalue weighted by Gasteiger charge is -2.36. The van der Waals surface area contributed by atoms with E-state index in [9.17, 15) is 14.3 Å². The van der Waals surface area contributed by atoms with Crippen LogP contribution in [-0.4, -0.2) is 41.9 Å². The molecule has 7 heteroatoms. The Bertz CT molecular complexity index is 696. The molecule has 0 radical (unpaired) electrons. The fraction of sp³-hybridized carbons (Fsp3) is 0.438. The summed E-state index contributed by atoms with van der Waals surface area (Å²) in [6.45, 7) is 2.55. The van der Waals surface area contributed by atoms with E-state index >= 15 is 0 Å². The topological polar surface area (TPSA) is 59.0 Å². The second kappa shape index (κ2) is 5.78. The first kappa shape index (κ1) is 16.2. The number of carbonyl (C=O) groups is 1. The molecule has 2 heterocycles. The van der Waals surface area contributed by atoms with E-state index in [2.05, 4.69) is 0 Å². The average molecular weight is 342 g/mol. The summed E-state index contributed by atoms with van der Waals surface area (Å²) < 4.78 is 19.9. The second-order valence-electron chi connectivity index (χ2n) is 5.77. The lowest BCUT2D eigenvalue weighted by Crippen LogP contribution is -2.45. The van der Waals surface area contributed by atoms with Crippen molar-refractivity contribution in [1.29, 1.82) is 0 Å². The van der Waals surface area contributed by atoms with Crippen molar-refractivity contribution in [3.8, 4) is 0 Å². The van der Waals surface area contributed by atoms with E-state index in [4.69, 9.17) is 21.2 Å². The van der Waals surface area contributed by atoms with E-state index < -0.39 is 17.4 Å². The summed E-state index contributed by atoms with van der Waals surface area (Å²) in [5, 5.41) is 12.4. The van der Waals surface area contributed by atoms with Gasteiger partial charge in [0, 0.05) is 31.5 Å². The van der Waals surface area contributed by atoms with Crippen molar-refractivity contribution in [1.82, 2.24) is 5.06 Å². The number of hydroxylamine groups is 2. The molecule has 0 amide bonds. The van der Waals surface area contributed by atoms with Gasteiger partial charge in [0.2, 0.25) is 0 Å². The van der Waals surface area contributed by atoms with Crippen molar-refractivity contribution in [2.75, 3.05) is 20.2 Å². The van der Waals surface area contributed by atoms with Gasteiger partial charge in [-0.15, -0.1) is 0 Å². The molecule has 124 valence electrons. The van der Waals surface area contributed by atoms with Crippen LogP contribution in [0, 0.1) is 12.7 Å². The summed E-state index contributed by atoms with van der Waals surface area (Å²) in [5.74, 6) is -1.62. The summed E-state index contributed by atoms with van der Waals surface area (Å²) in [4.78, 5) is 17.5. The molecule has 0 aliphatic carbocycles. The molecule has 0 unspecified atom stereocenters. The molecule has 1 fully saturated rings. The number of hydrogen-bond donors (Lipinski definition) is 1. The molecule has 3 rings (SSSR count). The highest BCUT2D eigenvalue weighted by Gasteiger charge is 2.51. The molecule has 1 saturated heterocycles. The highest BCUT2D eigenvalue weighted by atomic mass is 35.5. The fourth-order valence-corrected chi connectivity index (χ4v) is 3.32. The van der Waals surface area contributed by atoms with Crippen LogP contribution in [-0.2, 0) is 14.4 Å². The van der Waals surface area contributed by atoms with Crippen LogP contribution in [0.1, 0.15) is 24.0 Å². The third-order valence-electron chi connectivity index (χ3n) is 4.48. The number of esters is 1. The number of benzene rings is 1. The summed E-state index contributed by atoms with van der Waals surface area (Å²) in [6.07, 6.45) is 0.736. The number of hydrogen-bond acceptors (Lipinski definition) is 5. The molecule has 2 aliphatic rings. The summed E-state index contributed by atoms with van der Waals surface area (Å²) >= 11 is 6.06. The molecule has 1 N–H and O–H groups in total. The first-order valence-electron chi connectivity index (χ1n) is 7.31. The van der Waals surface area contributed by atoms with E-state index in [0.717, 1.165) is 0 Å². The van der Waals surface area contributed by atoms with E-state index in [1.807, 2.05) is 0 Å². The van der Waals surface area contributed by atoms with Crippen molar-refractivity contribution in [3.05, 3.63) is 39.9 Å². The van der Waals surface area contributed by atoms with Crippen molar-refractivity contribution >= 4 is 23.1 Å². The molecular formula is C16H17ClFNO4. The predicted molar refractivity (Wildman–Crippen MR) is 82.3 cm³/mol. The molecule has 0 aromatic heterocycles. The van der Waals surface area contributed by atoms with E-state index in [-0.39, 0.29) is 21.9 Å². The van der Waals surface area contributed by atoms with Crippen LogP contribution in [0.3, 0.4) is 0 Å². The number of rotatable bonds is 2. The van der Waals surface area contributed by atoms with Gasteiger partial charge in [-0.05, 0) is 18.6 Å². The maximum atomic E-state index is 14.5. The molecule has 0 bridgehead atoms. The van der Waals surface area contributed by atoms with Gasteiger partial charge in [-0.2, -0.15) is 5.06 Å². The minimum atomic E-state index is -1.12. The van der Waals surface area contributed by atoms with E-state index in [1.54, 1.807) is 19.1 Å². The monoisotopic (exact) mass is 341 g/mol. The van der Waals surface area contributed by atoms with Gasteiger partial charge in [0.15, 0.2) is 11.4 Å². The Balaban J connectivity index is 2.06. The Hall–Kier alpha value is -1.63. The quantitative estimate of drug-likeness (QED) is 0.838. The largest absolute Gasteiger partial charge is 0.507 e. The van der Waals surface area contributed by atoms with Gasteiger partial charge < -0.3 is 14.7 Å². The van der Waals surface area contributed by atoms with Gasteiger partial charge in [-0.3, -0.25) is 0 Å². The molecule has 0 atom stereocenters. The number of piperidine rings is 1. The Labute approximate surface area is 138 Å². The second-order valence-corrected chi connectivity index (χ2v) is 6.18. The maximum Gasteiger partial charge on any atom is 0.343 e. The van der Waals surface area contributed by atoms with Crippen LogP contribution >= 0.6 is 11.6 Å². The predicted octanol–water partition coefficient (Wildman–Crippen LogP) is 3.01. The highest BCUT2D eigenvalue weighted by Crippen LogP contribution is 2.45. The van der Waals surface area contributed by atoms with Crippen molar-refractivity contribution in [3.63, 3.8) is 0 Å². The van der Waals surface area contributed by atoms with Crippen LogP contribution in [0.2, 0.25) is 5.02 Å². The minimum Gasteiger partial charge on any atom is -0.507 e. The molecule has 23 heavy (non-hydrogen) atoms. The van der Waals surface area contributed by atoms with Gasteiger partial charge in [0.05, 0.1) is 12.1 Å². The number of aliphatic hydroxyl groups excluding tert-OH is 1. The zero-order valence-electron chi connectivity index (χ0n) is 12.9. The van der Waals surface area contributed by atoms with Crippen LogP contribution in [0.4, 0.5) is 4.39 Å². The SMILES string of the molecule is CON1CCC2(CC1)OC(=O)C(c1c(Cl)ccc(C)c1F)=C2O. The van der Waals surface area contributed by atoms with Gasteiger partial charge in [-0.1, -0.05) is 17.7 Å². The summed E-state index contributed by atoms with van der Waals surface area (Å²) in [6, 6.07) is 3.02. The summed E-state index contributed by atoms with van der Waals surface area (Å²) in [7, 11) is 1.56. The molecule has 1 aromatic carbocycles. The number of halogens is 2. The molecule has 1 aromatic rings. The first-order chi connectivity index (χ1) is 10.9. The first-order valence-corrected chi connectivity index (χ1v) is 7.68. The van der Waals surface area contributed by atoms with Gasteiger partial charge in [0.25, 0.3) is 0 Å². The lowest BCUT2D eigenvalue weighted by atomic mass is 9.88. The minimum absolute atomic E-state index is 0.0676. The van der Waals surface area contributed by atoms with Crippen molar-refractivity contribution < 1.29 is 23.9 Å². The standard InChI is InChI=1S/C16H17ClFNO4/c1-9-3-4-10(17)11(13(9)18)12-14(20)16(23-15(12)21)5-7-19(22-2)8-6-16/h3-4,20H,5-8H2,1-2H3. The Morgan fingerprint density at radius 3 is 2.65 bits per heavy atom. The third kappa shape index (κ3) is 2.51. The number of nitrogens with zero attached hydrogens (tertiary/aromatic N) is 1. The molecular weight excluding hydrogens is 325 g/mol. The number of aryl methyl sites for hydroxylation is 1. The van der Waals surface area contributed by atoms with Crippen LogP contribution in [0.15, 0.2) is 17.9 Å². The molecule has 5 nitrogen and oxygen atoms in total. The molecule has 0 saturated carbocycles. The summed E-state index contributed by atoms with van der Waals surface area (Å²) in [5.41, 5.74) is -1.06. The number of aliphatic hydroxyl groups is 1. The third-order valence-corrected chi connectivity index (χ3v) is 4.80. The highest BCUT2D eigenvalue weighted by molar-refractivity contribution is 6.35. The van der Waals surface area contributed by atoms with Crippen LogP contribution < -0.4 is 0 Å². The van der Waals surface area contributed by atoms with Crippen molar-refractivity contribution in [2.45, 2.75) is 25.4 Å². The normalized spacial score (nSPS) is 21.1. The van der Waals surface area contributed by atoms with Crippen LogP contribution in [0.5, 0.6) is 0 Å². The molecule has 1 spiro atoms. The Kier molecular flexibility index (Phi) is 4.08. The van der Waals surface area contributed by atoms with Crippen LogP contribution in [0.25, 0.3) is 5.57 Å². The number of ether oxygens (including phenoxy) is 1. The smallest absolute Gasteiger partial charge is 0.343 e. The van der Waals surface area contributed by atoms with E-state index in [0.29, 0.717) is 31.5 Å². The number of carbonyl (C=O) groups excluding carboxylic acids is 1. The van der Waals surface area contributed by atoms with Crippen molar-refractivity contribution in [2.24, 2.45) is 0 Å². The van der Waals surface area contributed by atoms with Gasteiger partial charge in [0.1, 0.15) is 11.4 Å². The average Bonchev–Trinajstić information content (AvgIpc) is 2.77. The molecule has 2 aliphatic heterocycles. The maximum absolute atomic E-state index is 14.5. The fourth-order valence-electron chi connectivity index (χ4n) is 3.08. The van der Waals surface area contributed by atoms with Gasteiger partial charge >= 0.3 is 5.97 Å². The van der Waals surface area contributed by atoms with E-state index in [1.165, 1.54) is 12.1 Å². The zero-order chi connectivity index (χ0) is 16.8. The van der Waals surface area contributed by atoms with Gasteiger partial charge in [-0.25, -0.2) is 9.18 Å². The lowest BCUT2D eigenvalue weighted by molar-refractivity contribution is -0.182.